The van der Waals surface area contributed by atoms with Gasteiger partial charge in [-0.05, 0) is 90.8 Å². The van der Waals surface area contributed by atoms with Crippen LogP contribution in [-0.2, 0) is 0 Å². The molecule has 1 aromatic heterocycles. The number of nitrogens with zero attached hydrogens (tertiary/aromatic N) is 1. The summed E-state index contributed by atoms with van der Waals surface area (Å²) in [6.45, 7) is 9.12. The van der Waals surface area contributed by atoms with Crippen molar-refractivity contribution in [2.24, 2.45) is 11.3 Å². The first kappa shape index (κ1) is 17.0. The van der Waals surface area contributed by atoms with E-state index in [4.69, 9.17) is 4.74 Å². The molecule has 0 saturated heterocycles. The molecule has 1 heterocycles. The van der Waals surface area contributed by atoms with Gasteiger partial charge >= 0.3 is 0 Å². The molecule has 0 spiro atoms. The molecule has 3 rings (SSSR count). The minimum Gasteiger partial charge on any atom is -0.489 e. The van der Waals surface area contributed by atoms with Crippen LogP contribution in [0.2, 0.25) is 0 Å². The van der Waals surface area contributed by atoms with Crippen LogP contribution < -0.4 is 4.74 Å². The molecule has 2 aromatic rings. The number of hydrogen-bond acceptors (Lipinski definition) is 2. The summed E-state index contributed by atoms with van der Waals surface area (Å²) >= 11 is 2.40. The van der Waals surface area contributed by atoms with Crippen LogP contribution >= 0.6 is 22.6 Å². The van der Waals surface area contributed by atoms with Gasteiger partial charge < -0.3 is 4.74 Å². The molecule has 0 radical (unpaired) electrons. The highest BCUT2D eigenvalue weighted by Gasteiger charge is 2.30. The minimum atomic E-state index is 0.359. The molecule has 1 aliphatic rings. The maximum Gasteiger partial charge on any atom is 0.133 e. The molecule has 0 atom stereocenters. The van der Waals surface area contributed by atoms with E-state index in [1.807, 2.05) is 6.92 Å². The Morgan fingerprint density at radius 1 is 1.04 bits per heavy atom. The van der Waals surface area contributed by atoms with Crippen LogP contribution in [-0.4, -0.2) is 11.1 Å². The number of halogens is 1. The molecule has 0 unspecified atom stereocenters. The van der Waals surface area contributed by atoms with Crippen molar-refractivity contribution in [1.29, 1.82) is 0 Å². The lowest BCUT2D eigenvalue weighted by atomic mass is 9.72. The Kier molecular flexibility index (Phi) is 4.86. The normalized spacial score (nSPS) is 22.3. The Bertz CT molecular complexity index is 697. The Morgan fingerprint density at radius 2 is 1.74 bits per heavy atom. The van der Waals surface area contributed by atoms with Crippen LogP contribution in [0.1, 0.15) is 52.1 Å². The van der Waals surface area contributed by atoms with E-state index in [0.717, 1.165) is 22.9 Å². The van der Waals surface area contributed by atoms with Gasteiger partial charge in [0.15, 0.2) is 0 Å². The van der Waals surface area contributed by atoms with E-state index in [1.165, 1.54) is 34.6 Å². The van der Waals surface area contributed by atoms with E-state index in [9.17, 15) is 0 Å². The maximum absolute atomic E-state index is 6.35. The smallest absolute Gasteiger partial charge is 0.133 e. The van der Waals surface area contributed by atoms with Gasteiger partial charge in [0, 0.05) is 11.1 Å². The molecule has 1 aliphatic carbocycles. The van der Waals surface area contributed by atoms with E-state index < -0.39 is 0 Å². The summed E-state index contributed by atoms with van der Waals surface area (Å²) in [4.78, 5) is 4.60. The highest BCUT2D eigenvalue weighted by molar-refractivity contribution is 14.1. The van der Waals surface area contributed by atoms with E-state index in [1.54, 1.807) is 0 Å². The van der Waals surface area contributed by atoms with Crippen LogP contribution in [0.3, 0.4) is 0 Å². The Morgan fingerprint density at radius 3 is 2.39 bits per heavy atom. The molecule has 2 nitrogen and oxygen atoms in total. The largest absolute Gasteiger partial charge is 0.489 e. The summed E-state index contributed by atoms with van der Waals surface area (Å²) in [7, 11) is 0. The molecular weight excluding hydrogens is 397 g/mol. The third-order valence-electron chi connectivity index (χ3n) is 5.10. The van der Waals surface area contributed by atoms with Crippen molar-refractivity contribution in [3.63, 3.8) is 0 Å². The van der Waals surface area contributed by atoms with Crippen molar-refractivity contribution in [3.8, 4) is 5.75 Å². The van der Waals surface area contributed by atoms with Crippen molar-refractivity contribution in [3.05, 3.63) is 33.5 Å². The molecular formula is C20H26INO. The molecule has 1 fully saturated rings. The second kappa shape index (κ2) is 6.58. The first-order valence-electron chi connectivity index (χ1n) is 8.57. The average molecular weight is 423 g/mol. The fourth-order valence-corrected chi connectivity index (χ4v) is 4.33. The molecule has 0 N–H and O–H groups in total. The van der Waals surface area contributed by atoms with E-state index in [2.05, 4.69) is 72.6 Å². The van der Waals surface area contributed by atoms with Crippen molar-refractivity contribution >= 4 is 33.5 Å². The lowest BCUT2D eigenvalue weighted by molar-refractivity contribution is 0.0878. The molecule has 3 heteroatoms. The van der Waals surface area contributed by atoms with Crippen molar-refractivity contribution in [2.45, 2.75) is 59.5 Å². The molecule has 0 bridgehead atoms. The lowest BCUT2D eigenvalue weighted by Crippen LogP contribution is -2.30. The predicted molar refractivity (Wildman–Crippen MR) is 105 cm³/mol. The Balaban J connectivity index is 1.73. The first-order valence-corrected chi connectivity index (χ1v) is 9.65. The second-order valence-electron chi connectivity index (χ2n) is 7.85. The third kappa shape index (κ3) is 3.81. The summed E-state index contributed by atoms with van der Waals surface area (Å²) < 4.78 is 7.54. The van der Waals surface area contributed by atoms with Crippen LogP contribution in [0.4, 0.5) is 0 Å². The number of aryl methyl sites for hydroxylation is 1. The van der Waals surface area contributed by atoms with E-state index >= 15 is 0 Å². The van der Waals surface area contributed by atoms with E-state index in [-0.39, 0.29) is 0 Å². The zero-order valence-electron chi connectivity index (χ0n) is 14.5. The van der Waals surface area contributed by atoms with Crippen LogP contribution in [0, 0.1) is 21.8 Å². The van der Waals surface area contributed by atoms with Gasteiger partial charge in [-0.2, -0.15) is 0 Å². The lowest BCUT2D eigenvalue weighted by Gasteiger charge is -2.37. The van der Waals surface area contributed by atoms with Crippen molar-refractivity contribution in [2.75, 3.05) is 0 Å². The van der Waals surface area contributed by atoms with Gasteiger partial charge in [-0.1, -0.05) is 20.8 Å². The molecule has 1 aromatic carbocycles. The van der Waals surface area contributed by atoms with Gasteiger partial charge in [0.25, 0.3) is 0 Å². The standard InChI is InChI=1S/C20H26INO/c1-13-5-10-16-17(22-13)11-12-18(19(16)21)23-15-8-6-14(7-9-15)20(2,3)4/h5,10-12,14-15H,6-9H2,1-4H3/t14-,15-. The molecule has 124 valence electrons. The average Bonchev–Trinajstić information content (AvgIpc) is 2.50. The zero-order chi connectivity index (χ0) is 16.6. The number of aromatic nitrogens is 1. The Hall–Kier alpha value is -0.840. The summed E-state index contributed by atoms with van der Waals surface area (Å²) in [5.74, 6) is 1.84. The summed E-state index contributed by atoms with van der Waals surface area (Å²) in [5, 5.41) is 1.19. The van der Waals surface area contributed by atoms with Crippen LogP contribution in [0.15, 0.2) is 24.3 Å². The monoisotopic (exact) mass is 423 g/mol. The predicted octanol–water partition coefficient (Wildman–Crippen LogP) is 6.13. The SMILES string of the molecule is Cc1ccc2c(I)c(O[C@H]3CC[C@H](C(C)(C)C)CC3)ccc2n1. The van der Waals surface area contributed by atoms with Gasteiger partial charge in [-0.15, -0.1) is 0 Å². The number of benzene rings is 1. The summed E-state index contributed by atoms with van der Waals surface area (Å²) in [5.41, 5.74) is 2.53. The van der Waals surface area contributed by atoms with E-state index in [0.29, 0.717) is 11.5 Å². The number of pyridine rings is 1. The van der Waals surface area contributed by atoms with Crippen LogP contribution in [0.5, 0.6) is 5.75 Å². The summed E-state index contributed by atoms with van der Waals surface area (Å²) in [6, 6.07) is 8.40. The fourth-order valence-electron chi connectivity index (χ4n) is 3.57. The molecule has 0 amide bonds. The molecule has 0 aliphatic heterocycles. The fraction of sp³-hybridized carbons (Fsp3) is 0.550. The molecule has 23 heavy (non-hydrogen) atoms. The highest BCUT2D eigenvalue weighted by Crippen LogP contribution is 2.39. The highest BCUT2D eigenvalue weighted by atomic mass is 127. The third-order valence-corrected chi connectivity index (χ3v) is 6.21. The van der Waals surface area contributed by atoms with Crippen LogP contribution in [0.25, 0.3) is 10.9 Å². The Labute approximate surface area is 153 Å². The summed E-state index contributed by atoms with van der Waals surface area (Å²) in [6.07, 6.45) is 5.25. The van der Waals surface area contributed by atoms with Gasteiger partial charge in [0.2, 0.25) is 0 Å². The maximum atomic E-state index is 6.35. The van der Waals surface area contributed by atoms with Gasteiger partial charge in [-0.25, -0.2) is 0 Å². The topological polar surface area (TPSA) is 22.1 Å². The first-order chi connectivity index (χ1) is 10.8. The minimum absolute atomic E-state index is 0.359. The number of hydrogen-bond donors (Lipinski definition) is 0. The second-order valence-corrected chi connectivity index (χ2v) is 8.93. The van der Waals surface area contributed by atoms with Gasteiger partial charge in [0.1, 0.15) is 5.75 Å². The quantitative estimate of drug-likeness (QED) is 0.542. The molecule has 1 saturated carbocycles. The van der Waals surface area contributed by atoms with Gasteiger partial charge in [0.05, 0.1) is 15.2 Å². The number of fused-ring (bicyclic) bond motifs is 1. The van der Waals surface area contributed by atoms with Gasteiger partial charge in [-0.3, -0.25) is 4.98 Å². The number of rotatable bonds is 2. The number of ether oxygens (including phenoxy) is 1. The van der Waals surface area contributed by atoms with Crippen molar-refractivity contribution < 1.29 is 4.74 Å². The zero-order valence-corrected chi connectivity index (χ0v) is 16.7. The van der Waals surface area contributed by atoms with Crippen molar-refractivity contribution in [1.82, 2.24) is 4.98 Å².